The molecule has 3 aromatic rings. The Morgan fingerprint density at radius 1 is 0.882 bits per heavy atom. The lowest BCUT2D eigenvalue weighted by Gasteiger charge is -2.31. The molecule has 3 aromatic carbocycles. The van der Waals surface area contributed by atoms with Crippen LogP contribution in [0.4, 0.5) is 11.4 Å². The Labute approximate surface area is 202 Å². The summed E-state index contributed by atoms with van der Waals surface area (Å²) < 4.78 is 5.60. The molecule has 5 rings (SSSR count). The van der Waals surface area contributed by atoms with Gasteiger partial charge >= 0.3 is 0 Å². The molecule has 0 spiro atoms. The normalized spacial score (nSPS) is 17.4. The average Bonchev–Trinajstić information content (AvgIpc) is 2.91. The van der Waals surface area contributed by atoms with E-state index in [0.717, 1.165) is 66.4 Å². The van der Waals surface area contributed by atoms with Gasteiger partial charge < -0.3 is 10.1 Å². The summed E-state index contributed by atoms with van der Waals surface area (Å²) >= 11 is 0. The molecule has 1 saturated heterocycles. The minimum Gasteiger partial charge on any atom is -0.382 e. The van der Waals surface area contributed by atoms with E-state index in [4.69, 9.17) is 4.74 Å². The smallest absolute Gasteiger partial charge is 0.124 e. The van der Waals surface area contributed by atoms with Gasteiger partial charge in [-0.25, -0.2) is 0 Å². The van der Waals surface area contributed by atoms with E-state index >= 15 is 0 Å². The van der Waals surface area contributed by atoms with Crippen molar-refractivity contribution in [3.8, 4) is 22.3 Å². The first-order chi connectivity index (χ1) is 16.8. The fraction of sp³-hybridized carbons (Fsp3) is 0.379. The van der Waals surface area contributed by atoms with Crippen LogP contribution in [0.25, 0.3) is 22.3 Å². The molecule has 2 aliphatic rings. The Morgan fingerprint density at radius 3 is 2.18 bits per heavy atom. The minimum atomic E-state index is 0.458. The van der Waals surface area contributed by atoms with E-state index in [0.29, 0.717) is 11.7 Å². The van der Waals surface area contributed by atoms with Crippen LogP contribution in [0.5, 0.6) is 0 Å². The number of hydrogen-bond donors (Lipinski definition) is 1. The maximum absolute atomic E-state index is 12.4. The van der Waals surface area contributed by atoms with Gasteiger partial charge in [0.2, 0.25) is 0 Å². The number of benzene rings is 3. The number of anilines is 1. The summed E-state index contributed by atoms with van der Waals surface area (Å²) in [7, 11) is 0. The van der Waals surface area contributed by atoms with Crippen LogP contribution in [-0.2, 0) is 11.3 Å². The lowest BCUT2D eigenvalue weighted by atomic mass is 9.89. The Kier molecular flexibility index (Phi) is 7.32. The van der Waals surface area contributed by atoms with Gasteiger partial charge in [-0.3, -0.25) is 4.90 Å². The predicted octanol–water partition coefficient (Wildman–Crippen LogP) is 7.00. The molecular formula is C29H33N3O2. The summed E-state index contributed by atoms with van der Waals surface area (Å²) in [4.78, 5) is 14.9. The second-order valence-corrected chi connectivity index (χ2v) is 9.36. The van der Waals surface area contributed by atoms with E-state index in [1.165, 1.54) is 32.1 Å². The zero-order valence-corrected chi connectivity index (χ0v) is 19.7. The van der Waals surface area contributed by atoms with Crippen LogP contribution in [0.1, 0.15) is 37.7 Å². The fourth-order valence-corrected chi connectivity index (χ4v) is 5.30. The Morgan fingerprint density at radius 2 is 1.53 bits per heavy atom. The summed E-state index contributed by atoms with van der Waals surface area (Å²) in [5.41, 5.74) is 6.69. The summed E-state index contributed by atoms with van der Waals surface area (Å²) in [5.74, 6) is 0. The SMILES string of the molecule is O=Nc1c(-c2ccccc2)cc(NC2CCCCC2)c(CN2CCOCC2)c1-c1ccccc1. The van der Waals surface area contributed by atoms with Gasteiger partial charge in [0, 0.05) is 42.5 Å². The van der Waals surface area contributed by atoms with Crippen LogP contribution in [0.2, 0.25) is 0 Å². The molecule has 0 unspecified atom stereocenters. The van der Waals surface area contributed by atoms with Crippen molar-refractivity contribution < 1.29 is 4.74 Å². The van der Waals surface area contributed by atoms with Crippen LogP contribution >= 0.6 is 0 Å². The van der Waals surface area contributed by atoms with Crippen molar-refractivity contribution in [3.63, 3.8) is 0 Å². The Hall–Kier alpha value is -3.02. The molecule has 0 atom stereocenters. The topological polar surface area (TPSA) is 53.9 Å². The number of nitrogens with zero attached hydrogens (tertiary/aromatic N) is 2. The standard InChI is InChI=1S/C29H33N3O2/c33-31-29-25(22-10-4-1-5-11-22)20-27(30-24-14-8-3-9-15-24)26(21-32-16-18-34-19-17-32)28(29)23-12-6-2-7-13-23/h1-2,4-7,10-13,20,24,30H,3,8-9,14-19,21H2. The third kappa shape index (κ3) is 5.06. The summed E-state index contributed by atoms with van der Waals surface area (Å²) in [6.45, 7) is 4.03. The third-order valence-electron chi connectivity index (χ3n) is 7.10. The molecule has 1 heterocycles. The van der Waals surface area contributed by atoms with E-state index in [9.17, 15) is 4.91 Å². The van der Waals surface area contributed by atoms with Gasteiger partial charge in [-0.2, -0.15) is 0 Å². The molecule has 0 amide bonds. The lowest BCUT2D eigenvalue weighted by Crippen LogP contribution is -2.36. The van der Waals surface area contributed by atoms with Gasteiger partial charge in [0.25, 0.3) is 0 Å². The molecule has 5 heteroatoms. The van der Waals surface area contributed by atoms with Gasteiger partial charge in [-0.1, -0.05) is 79.9 Å². The highest BCUT2D eigenvalue weighted by atomic mass is 16.5. The largest absolute Gasteiger partial charge is 0.382 e. The zero-order chi connectivity index (χ0) is 23.2. The monoisotopic (exact) mass is 455 g/mol. The van der Waals surface area contributed by atoms with Gasteiger partial charge in [-0.05, 0) is 40.8 Å². The van der Waals surface area contributed by atoms with E-state index in [2.05, 4.69) is 45.7 Å². The lowest BCUT2D eigenvalue weighted by molar-refractivity contribution is 0.0343. The van der Waals surface area contributed by atoms with E-state index in [1.54, 1.807) is 0 Å². The van der Waals surface area contributed by atoms with Crippen molar-refractivity contribution in [2.24, 2.45) is 5.18 Å². The second kappa shape index (κ2) is 10.9. The average molecular weight is 456 g/mol. The maximum atomic E-state index is 12.4. The first-order valence-electron chi connectivity index (χ1n) is 12.5. The van der Waals surface area contributed by atoms with E-state index in [-0.39, 0.29) is 0 Å². The third-order valence-corrected chi connectivity index (χ3v) is 7.10. The zero-order valence-electron chi connectivity index (χ0n) is 19.7. The molecular weight excluding hydrogens is 422 g/mol. The first-order valence-corrected chi connectivity index (χ1v) is 12.5. The number of nitroso groups, excluding NO2 is 1. The van der Waals surface area contributed by atoms with Crippen LogP contribution in [-0.4, -0.2) is 37.2 Å². The van der Waals surface area contributed by atoms with Crippen molar-refractivity contribution in [1.82, 2.24) is 4.90 Å². The number of ether oxygens (including phenoxy) is 1. The summed E-state index contributed by atoms with van der Waals surface area (Å²) in [6, 6.07) is 23.0. The summed E-state index contributed by atoms with van der Waals surface area (Å²) in [5, 5.41) is 7.55. The molecule has 176 valence electrons. The second-order valence-electron chi connectivity index (χ2n) is 9.36. The van der Waals surface area contributed by atoms with E-state index < -0.39 is 0 Å². The number of hydrogen-bond acceptors (Lipinski definition) is 5. The van der Waals surface area contributed by atoms with Gasteiger partial charge in [0.15, 0.2) is 0 Å². The molecule has 0 radical (unpaired) electrons. The maximum Gasteiger partial charge on any atom is 0.124 e. The van der Waals surface area contributed by atoms with Gasteiger partial charge in [0.05, 0.1) is 13.2 Å². The number of rotatable bonds is 7. The van der Waals surface area contributed by atoms with Crippen molar-refractivity contribution >= 4 is 11.4 Å². The highest BCUT2D eigenvalue weighted by Gasteiger charge is 2.25. The molecule has 1 aliphatic heterocycles. The quantitative estimate of drug-likeness (QED) is 0.390. The molecule has 2 fully saturated rings. The van der Waals surface area contributed by atoms with Crippen LogP contribution in [0, 0.1) is 4.91 Å². The number of morpholine rings is 1. The minimum absolute atomic E-state index is 0.458. The Bertz CT molecular complexity index is 1090. The van der Waals surface area contributed by atoms with Crippen LogP contribution < -0.4 is 5.32 Å². The molecule has 1 saturated carbocycles. The summed E-state index contributed by atoms with van der Waals surface area (Å²) in [6.07, 6.45) is 6.22. The molecule has 1 N–H and O–H groups in total. The Balaban J connectivity index is 1.70. The highest BCUT2D eigenvalue weighted by Crippen LogP contribution is 2.46. The molecule has 0 aromatic heterocycles. The predicted molar refractivity (Wildman–Crippen MR) is 139 cm³/mol. The molecule has 0 bridgehead atoms. The first kappa shape index (κ1) is 22.8. The number of nitrogens with one attached hydrogen (secondary N) is 1. The molecule has 5 nitrogen and oxygen atoms in total. The van der Waals surface area contributed by atoms with Crippen LogP contribution in [0.15, 0.2) is 71.9 Å². The fourth-order valence-electron chi connectivity index (χ4n) is 5.30. The van der Waals surface area contributed by atoms with Crippen molar-refractivity contribution in [2.75, 3.05) is 31.6 Å². The molecule has 34 heavy (non-hydrogen) atoms. The van der Waals surface area contributed by atoms with Gasteiger partial charge in [-0.15, -0.1) is 4.91 Å². The van der Waals surface area contributed by atoms with Gasteiger partial charge in [0.1, 0.15) is 5.69 Å². The highest BCUT2D eigenvalue weighted by molar-refractivity contribution is 5.94. The van der Waals surface area contributed by atoms with Crippen molar-refractivity contribution in [3.05, 3.63) is 77.2 Å². The van der Waals surface area contributed by atoms with Crippen molar-refractivity contribution in [1.29, 1.82) is 0 Å². The molecule has 1 aliphatic carbocycles. The van der Waals surface area contributed by atoms with Crippen LogP contribution in [0.3, 0.4) is 0 Å². The van der Waals surface area contributed by atoms with Crippen molar-refractivity contribution in [2.45, 2.75) is 44.7 Å². The van der Waals surface area contributed by atoms with E-state index in [1.807, 2.05) is 36.4 Å².